The Bertz CT molecular complexity index is 851. The molecule has 0 aliphatic rings. The minimum atomic E-state index is -0.160. The number of aryl methyl sites for hydroxylation is 1. The van der Waals surface area contributed by atoms with Crippen LogP contribution in [-0.4, -0.2) is 19.6 Å². The highest BCUT2D eigenvalue weighted by atomic mass is 35.5. The lowest BCUT2D eigenvalue weighted by Gasteiger charge is -2.00. The molecule has 2 heterocycles. The standard InChI is InChI=1S/C17H19ClN4O/c1-2-3-4-5-6-15-20-17-19-14(11-16(23)22(17)21-15)12-7-9-13(18)10-8-12/h7-11H,2-6H2,1H3,(H,19,20,21). The molecule has 5 nitrogen and oxygen atoms in total. The van der Waals surface area contributed by atoms with Gasteiger partial charge in [0.15, 0.2) is 0 Å². The molecule has 0 radical (unpaired) electrons. The summed E-state index contributed by atoms with van der Waals surface area (Å²) in [5.41, 5.74) is 1.30. The number of nitrogens with zero attached hydrogens (tertiary/aromatic N) is 3. The second-order valence-corrected chi connectivity index (χ2v) is 6.04. The van der Waals surface area contributed by atoms with Crippen LogP contribution in [0, 0.1) is 0 Å². The molecule has 0 fully saturated rings. The SMILES string of the molecule is CCCCCCc1nc2nc(-c3ccc(Cl)cc3)cc(=O)n2[nH]1. The van der Waals surface area contributed by atoms with E-state index in [2.05, 4.69) is 22.0 Å². The minimum Gasteiger partial charge on any atom is -0.275 e. The van der Waals surface area contributed by atoms with E-state index in [0.29, 0.717) is 16.5 Å². The molecule has 0 bridgehead atoms. The van der Waals surface area contributed by atoms with Crippen molar-refractivity contribution in [3.63, 3.8) is 0 Å². The van der Waals surface area contributed by atoms with Crippen LogP contribution >= 0.6 is 11.6 Å². The number of aromatic nitrogens is 4. The first-order valence-corrected chi connectivity index (χ1v) is 8.30. The molecule has 2 aromatic heterocycles. The van der Waals surface area contributed by atoms with Crippen molar-refractivity contribution in [3.05, 3.63) is 51.5 Å². The van der Waals surface area contributed by atoms with Gasteiger partial charge in [-0.3, -0.25) is 9.89 Å². The molecule has 1 N–H and O–H groups in total. The molecule has 0 aliphatic heterocycles. The Morgan fingerprint density at radius 3 is 2.65 bits per heavy atom. The second kappa shape index (κ2) is 6.96. The summed E-state index contributed by atoms with van der Waals surface area (Å²) in [5.74, 6) is 1.21. The fourth-order valence-corrected chi connectivity index (χ4v) is 2.65. The van der Waals surface area contributed by atoms with Crippen LogP contribution in [0.15, 0.2) is 35.1 Å². The number of halogens is 1. The summed E-state index contributed by atoms with van der Waals surface area (Å²) in [6, 6.07) is 8.77. The van der Waals surface area contributed by atoms with E-state index >= 15 is 0 Å². The van der Waals surface area contributed by atoms with E-state index < -0.39 is 0 Å². The van der Waals surface area contributed by atoms with E-state index in [0.717, 1.165) is 24.2 Å². The highest BCUT2D eigenvalue weighted by Crippen LogP contribution is 2.18. The number of fused-ring (bicyclic) bond motifs is 1. The lowest BCUT2D eigenvalue weighted by Crippen LogP contribution is -2.14. The van der Waals surface area contributed by atoms with Crippen molar-refractivity contribution in [1.29, 1.82) is 0 Å². The molecule has 6 heteroatoms. The molecule has 3 aromatic rings. The maximum atomic E-state index is 12.3. The van der Waals surface area contributed by atoms with Gasteiger partial charge in [0.05, 0.1) is 5.69 Å². The van der Waals surface area contributed by atoms with Crippen molar-refractivity contribution in [2.45, 2.75) is 39.0 Å². The van der Waals surface area contributed by atoms with Crippen molar-refractivity contribution in [2.24, 2.45) is 0 Å². The summed E-state index contributed by atoms with van der Waals surface area (Å²) in [6.07, 6.45) is 5.49. The van der Waals surface area contributed by atoms with Crippen LogP contribution < -0.4 is 5.56 Å². The van der Waals surface area contributed by atoms with Gasteiger partial charge in [-0.05, 0) is 18.6 Å². The van der Waals surface area contributed by atoms with E-state index in [1.54, 1.807) is 12.1 Å². The van der Waals surface area contributed by atoms with Gasteiger partial charge < -0.3 is 0 Å². The van der Waals surface area contributed by atoms with Crippen molar-refractivity contribution in [3.8, 4) is 11.3 Å². The smallest absolute Gasteiger partial charge is 0.274 e. The van der Waals surface area contributed by atoms with E-state index in [9.17, 15) is 4.79 Å². The molecule has 23 heavy (non-hydrogen) atoms. The zero-order chi connectivity index (χ0) is 16.2. The van der Waals surface area contributed by atoms with Gasteiger partial charge in [-0.25, -0.2) is 4.98 Å². The largest absolute Gasteiger partial charge is 0.275 e. The number of unbranched alkanes of at least 4 members (excludes halogenated alkanes) is 3. The molecule has 120 valence electrons. The van der Waals surface area contributed by atoms with Crippen LogP contribution in [0.3, 0.4) is 0 Å². The number of aromatic amines is 1. The Kier molecular flexibility index (Phi) is 4.76. The van der Waals surface area contributed by atoms with Crippen molar-refractivity contribution in [2.75, 3.05) is 0 Å². The highest BCUT2D eigenvalue weighted by molar-refractivity contribution is 6.30. The normalized spacial score (nSPS) is 11.2. The Morgan fingerprint density at radius 1 is 1.13 bits per heavy atom. The summed E-state index contributed by atoms with van der Waals surface area (Å²) in [7, 11) is 0. The minimum absolute atomic E-state index is 0.160. The molecule has 0 amide bonds. The number of H-pyrrole nitrogens is 1. The lowest BCUT2D eigenvalue weighted by atomic mass is 10.1. The summed E-state index contributed by atoms with van der Waals surface area (Å²) >= 11 is 5.90. The van der Waals surface area contributed by atoms with E-state index in [1.807, 2.05) is 12.1 Å². The van der Waals surface area contributed by atoms with Crippen molar-refractivity contribution >= 4 is 17.4 Å². The van der Waals surface area contributed by atoms with Gasteiger partial charge in [0.25, 0.3) is 11.3 Å². The third kappa shape index (κ3) is 3.62. The average molecular weight is 331 g/mol. The maximum Gasteiger partial charge on any atom is 0.274 e. The molecular formula is C17H19ClN4O. The molecule has 0 atom stereocenters. The fourth-order valence-electron chi connectivity index (χ4n) is 2.52. The van der Waals surface area contributed by atoms with Gasteiger partial charge >= 0.3 is 0 Å². The quantitative estimate of drug-likeness (QED) is 0.698. The van der Waals surface area contributed by atoms with Crippen molar-refractivity contribution in [1.82, 2.24) is 19.6 Å². The molecular weight excluding hydrogens is 312 g/mol. The Hall–Kier alpha value is -2.14. The topological polar surface area (TPSA) is 63.1 Å². The van der Waals surface area contributed by atoms with Crippen LogP contribution in [-0.2, 0) is 6.42 Å². The molecule has 1 aromatic carbocycles. The Labute approximate surface area is 139 Å². The van der Waals surface area contributed by atoms with Crippen LogP contribution in [0.25, 0.3) is 17.0 Å². The molecule has 0 saturated carbocycles. The highest BCUT2D eigenvalue weighted by Gasteiger charge is 2.09. The lowest BCUT2D eigenvalue weighted by molar-refractivity contribution is 0.651. The number of rotatable bonds is 6. The number of nitrogens with one attached hydrogen (secondary N) is 1. The third-order valence-electron chi connectivity index (χ3n) is 3.78. The zero-order valence-electron chi connectivity index (χ0n) is 13.1. The molecule has 0 aliphatic carbocycles. The first-order chi connectivity index (χ1) is 11.2. The summed E-state index contributed by atoms with van der Waals surface area (Å²) < 4.78 is 1.40. The Balaban J connectivity index is 1.88. The van der Waals surface area contributed by atoms with Gasteiger partial charge in [0.2, 0.25) is 0 Å². The Morgan fingerprint density at radius 2 is 1.91 bits per heavy atom. The molecule has 3 rings (SSSR count). The van der Waals surface area contributed by atoms with Gasteiger partial charge in [0, 0.05) is 23.1 Å². The van der Waals surface area contributed by atoms with E-state index in [-0.39, 0.29) is 5.56 Å². The third-order valence-corrected chi connectivity index (χ3v) is 4.04. The fraction of sp³-hybridized carbons (Fsp3) is 0.353. The zero-order valence-corrected chi connectivity index (χ0v) is 13.8. The van der Waals surface area contributed by atoms with Crippen molar-refractivity contribution < 1.29 is 0 Å². The van der Waals surface area contributed by atoms with Gasteiger partial charge in [-0.2, -0.15) is 9.50 Å². The second-order valence-electron chi connectivity index (χ2n) is 5.60. The molecule has 0 saturated heterocycles. The first kappa shape index (κ1) is 15.7. The predicted molar refractivity (Wildman–Crippen MR) is 91.9 cm³/mol. The van der Waals surface area contributed by atoms with Gasteiger partial charge in [-0.15, -0.1) is 0 Å². The number of hydrogen-bond acceptors (Lipinski definition) is 3. The van der Waals surface area contributed by atoms with E-state index in [4.69, 9.17) is 11.6 Å². The summed E-state index contributed by atoms with van der Waals surface area (Å²) in [4.78, 5) is 21.2. The number of benzene rings is 1. The summed E-state index contributed by atoms with van der Waals surface area (Å²) in [5, 5.41) is 3.69. The molecule has 0 spiro atoms. The first-order valence-electron chi connectivity index (χ1n) is 7.92. The average Bonchev–Trinajstić information content (AvgIpc) is 2.96. The van der Waals surface area contributed by atoms with Gasteiger partial charge in [0.1, 0.15) is 5.82 Å². The van der Waals surface area contributed by atoms with E-state index in [1.165, 1.54) is 29.8 Å². The van der Waals surface area contributed by atoms with Crippen LogP contribution in [0.4, 0.5) is 0 Å². The van der Waals surface area contributed by atoms with Crippen LogP contribution in [0.1, 0.15) is 38.4 Å². The maximum absolute atomic E-state index is 12.3. The van der Waals surface area contributed by atoms with Crippen LogP contribution in [0.2, 0.25) is 5.02 Å². The molecule has 0 unspecified atom stereocenters. The van der Waals surface area contributed by atoms with Gasteiger partial charge in [-0.1, -0.05) is 49.9 Å². The monoisotopic (exact) mass is 330 g/mol. The predicted octanol–water partition coefficient (Wildman–Crippen LogP) is 3.86. The summed E-state index contributed by atoms with van der Waals surface area (Å²) in [6.45, 7) is 2.18. The van der Waals surface area contributed by atoms with Crippen LogP contribution in [0.5, 0.6) is 0 Å². The number of hydrogen-bond donors (Lipinski definition) is 1.